The molecule has 1 nitrogen and oxygen atoms in total. The van der Waals surface area contributed by atoms with E-state index >= 15 is 0 Å². The molecule has 2 radical (unpaired) electrons. The van der Waals surface area contributed by atoms with Crippen molar-refractivity contribution in [1.82, 2.24) is 3.54 Å². The monoisotopic (exact) mass is 233 g/mol. The van der Waals surface area contributed by atoms with E-state index in [1.54, 1.807) is 0 Å². The van der Waals surface area contributed by atoms with Crippen molar-refractivity contribution >= 4 is 21.4 Å². The summed E-state index contributed by atoms with van der Waals surface area (Å²) in [5.74, 6) is 0. The summed E-state index contributed by atoms with van der Waals surface area (Å²) in [4.78, 5) is 0. The van der Waals surface area contributed by atoms with E-state index in [0.29, 0.717) is 0 Å². The van der Waals surface area contributed by atoms with Gasteiger partial charge in [-0.1, -0.05) is 0 Å². The maximum atomic E-state index is 3.64. The third kappa shape index (κ3) is 8.50. The summed E-state index contributed by atoms with van der Waals surface area (Å²) >= 11 is -0.172. The number of rotatable bonds is 6. The van der Waals surface area contributed by atoms with Crippen molar-refractivity contribution < 1.29 is 0 Å². The Morgan fingerprint density at radius 3 is 3.00 bits per heavy atom. The molecule has 0 aromatic carbocycles. The van der Waals surface area contributed by atoms with Crippen LogP contribution in [0.5, 0.6) is 0 Å². The Bertz CT molecular complexity index is 63.9. The average molecular weight is 232 g/mol. The van der Waals surface area contributed by atoms with Crippen LogP contribution in [0.4, 0.5) is 0 Å². The summed E-state index contributed by atoms with van der Waals surface area (Å²) in [6.45, 7) is 6.91. The van der Waals surface area contributed by atoms with Crippen molar-refractivity contribution in [1.29, 1.82) is 0 Å². The summed E-state index contributed by atoms with van der Waals surface area (Å²) in [6.07, 6.45) is 4.69. The zero-order valence-corrected chi connectivity index (χ0v) is 8.97. The fourth-order valence-electron chi connectivity index (χ4n) is 0.498. The van der Waals surface area contributed by atoms with Gasteiger partial charge in [-0.15, -0.1) is 0 Å². The minimum absolute atomic E-state index is 0.172. The van der Waals surface area contributed by atoms with Crippen molar-refractivity contribution in [2.45, 2.75) is 24.2 Å². The van der Waals surface area contributed by atoms with Gasteiger partial charge >= 0.3 is 68.4 Å². The SMILES string of the molecule is C=CC[NH][Sn][CH2]CCC. The minimum atomic E-state index is -0.172. The standard InChI is InChI=1S/C4H9.C3H6N.Sn/c1-3-4-2;1-2-3-4;/h1,3-4H2,2H3;2,4H,1,3H2;/q;-1;+1. The zero-order valence-electron chi connectivity index (χ0n) is 6.11. The van der Waals surface area contributed by atoms with Crippen LogP contribution in [0.15, 0.2) is 12.7 Å². The van der Waals surface area contributed by atoms with Crippen LogP contribution in [0.25, 0.3) is 0 Å². The van der Waals surface area contributed by atoms with E-state index in [1.807, 2.05) is 6.08 Å². The number of nitrogens with one attached hydrogen (secondary N) is 1. The van der Waals surface area contributed by atoms with E-state index in [0.717, 1.165) is 6.54 Å². The first-order chi connectivity index (χ1) is 4.41. The van der Waals surface area contributed by atoms with Crippen LogP contribution in [-0.2, 0) is 0 Å². The molecule has 9 heavy (non-hydrogen) atoms. The van der Waals surface area contributed by atoms with Crippen LogP contribution < -0.4 is 3.54 Å². The molecule has 0 aromatic heterocycles. The van der Waals surface area contributed by atoms with Gasteiger partial charge < -0.3 is 0 Å². The molecule has 52 valence electrons. The third-order valence-corrected chi connectivity index (χ3v) is 4.05. The van der Waals surface area contributed by atoms with Gasteiger partial charge in [-0.05, 0) is 0 Å². The van der Waals surface area contributed by atoms with Crippen LogP contribution in [0.1, 0.15) is 19.8 Å². The number of hydrogen-bond acceptors (Lipinski definition) is 1. The van der Waals surface area contributed by atoms with Crippen molar-refractivity contribution in [3.63, 3.8) is 0 Å². The molecule has 0 fully saturated rings. The molecule has 0 saturated heterocycles. The van der Waals surface area contributed by atoms with Gasteiger partial charge in [0.25, 0.3) is 0 Å². The summed E-state index contributed by atoms with van der Waals surface area (Å²) in [7, 11) is 0. The Balaban J connectivity index is 2.66. The molecule has 0 spiro atoms. The molecule has 0 amide bonds. The molecule has 0 heterocycles. The third-order valence-electron chi connectivity index (χ3n) is 1.03. The molecular weight excluding hydrogens is 217 g/mol. The molecule has 0 aromatic rings. The van der Waals surface area contributed by atoms with Crippen molar-refractivity contribution in [3.05, 3.63) is 12.7 Å². The molecule has 1 N–H and O–H groups in total. The Labute approximate surface area is 68.5 Å². The van der Waals surface area contributed by atoms with Crippen LogP contribution in [0.2, 0.25) is 4.44 Å². The topological polar surface area (TPSA) is 12.0 Å². The zero-order chi connectivity index (χ0) is 6.95. The molecule has 0 atom stereocenters. The van der Waals surface area contributed by atoms with Crippen molar-refractivity contribution in [2.24, 2.45) is 0 Å². The quantitative estimate of drug-likeness (QED) is 0.416. The Hall–Kier alpha value is 0.499. The van der Waals surface area contributed by atoms with Gasteiger partial charge in [0.05, 0.1) is 0 Å². The van der Waals surface area contributed by atoms with E-state index in [9.17, 15) is 0 Å². The van der Waals surface area contributed by atoms with E-state index < -0.39 is 0 Å². The molecule has 0 bridgehead atoms. The first-order valence-corrected chi connectivity index (χ1v) is 6.93. The summed E-state index contributed by atoms with van der Waals surface area (Å²) in [5.41, 5.74) is 0. The van der Waals surface area contributed by atoms with Gasteiger partial charge in [0, 0.05) is 0 Å². The van der Waals surface area contributed by atoms with Crippen LogP contribution >= 0.6 is 0 Å². The second kappa shape index (κ2) is 8.50. The van der Waals surface area contributed by atoms with E-state index in [-0.39, 0.29) is 21.4 Å². The average Bonchev–Trinajstić information content (AvgIpc) is 1.89. The second-order valence-corrected chi connectivity index (χ2v) is 5.40. The van der Waals surface area contributed by atoms with E-state index in [2.05, 4.69) is 17.0 Å². The van der Waals surface area contributed by atoms with Gasteiger partial charge in [-0.3, -0.25) is 0 Å². The molecule has 0 rings (SSSR count). The molecule has 0 aliphatic carbocycles. The molecule has 0 unspecified atom stereocenters. The number of hydrogen-bond donors (Lipinski definition) is 1. The van der Waals surface area contributed by atoms with Gasteiger partial charge in [-0.25, -0.2) is 0 Å². The van der Waals surface area contributed by atoms with Crippen LogP contribution in [-0.4, -0.2) is 28.0 Å². The first kappa shape index (κ1) is 9.50. The number of unbranched alkanes of at least 4 members (excludes halogenated alkanes) is 1. The predicted octanol–water partition coefficient (Wildman–Crippen LogP) is 1.60. The molecule has 2 heteroatoms. The Morgan fingerprint density at radius 2 is 2.44 bits per heavy atom. The van der Waals surface area contributed by atoms with Crippen molar-refractivity contribution in [3.8, 4) is 0 Å². The molecular formula is C7H15NSn. The van der Waals surface area contributed by atoms with Gasteiger partial charge in [0.1, 0.15) is 0 Å². The Kier molecular flexibility index (Phi) is 8.97. The second-order valence-electron chi connectivity index (χ2n) is 1.95. The first-order valence-electron chi connectivity index (χ1n) is 3.48. The van der Waals surface area contributed by atoms with Gasteiger partial charge in [0.15, 0.2) is 0 Å². The van der Waals surface area contributed by atoms with Gasteiger partial charge in [0.2, 0.25) is 0 Å². The summed E-state index contributed by atoms with van der Waals surface area (Å²) < 4.78 is 4.89. The molecule has 0 aliphatic rings. The summed E-state index contributed by atoms with van der Waals surface area (Å²) in [5, 5.41) is 0. The predicted molar refractivity (Wildman–Crippen MR) is 43.7 cm³/mol. The molecule has 0 saturated carbocycles. The van der Waals surface area contributed by atoms with Crippen molar-refractivity contribution in [2.75, 3.05) is 6.54 Å². The fraction of sp³-hybridized carbons (Fsp3) is 0.714. The maximum absolute atomic E-state index is 3.64. The summed E-state index contributed by atoms with van der Waals surface area (Å²) in [6, 6.07) is 0. The molecule has 0 aliphatic heterocycles. The van der Waals surface area contributed by atoms with Crippen LogP contribution in [0.3, 0.4) is 0 Å². The normalized spacial score (nSPS) is 9.44. The van der Waals surface area contributed by atoms with E-state index in [4.69, 9.17) is 0 Å². The van der Waals surface area contributed by atoms with E-state index in [1.165, 1.54) is 17.3 Å². The van der Waals surface area contributed by atoms with Crippen LogP contribution in [0, 0.1) is 0 Å². The van der Waals surface area contributed by atoms with Gasteiger partial charge in [-0.2, -0.15) is 0 Å². The Morgan fingerprint density at radius 1 is 1.67 bits per heavy atom. The fourth-order valence-corrected chi connectivity index (χ4v) is 3.34.